The molecule has 1 atom stereocenters. The van der Waals surface area contributed by atoms with Crippen molar-refractivity contribution < 1.29 is 5.11 Å². The second-order valence-electron chi connectivity index (χ2n) is 5.85. The first-order valence-corrected chi connectivity index (χ1v) is 7.40. The van der Waals surface area contributed by atoms with Gasteiger partial charge in [0.2, 0.25) is 0 Å². The number of aryl methyl sites for hydroxylation is 2. The highest BCUT2D eigenvalue weighted by molar-refractivity contribution is 7.99. The zero-order chi connectivity index (χ0) is 12.7. The van der Waals surface area contributed by atoms with Gasteiger partial charge in [-0.05, 0) is 48.1 Å². The van der Waals surface area contributed by atoms with Gasteiger partial charge in [0, 0.05) is 5.75 Å². The van der Waals surface area contributed by atoms with Gasteiger partial charge in [0.1, 0.15) is 5.60 Å². The van der Waals surface area contributed by atoms with Crippen LogP contribution < -0.4 is 0 Å². The van der Waals surface area contributed by atoms with Crippen molar-refractivity contribution in [2.45, 2.75) is 39.7 Å². The van der Waals surface area contributed by atoms with E-state index in [9.17, 15) is 5.11 Å². The minimum absolute atomic E-state index is 0.0417. The Labute approximate surface area is 109 Å². The van der Waals surface area contributed by atoms with Crippen molar-refractivity contribution in [2.24, 2.45) is 5.41 Å². The van der Waals surface area contributed by atoms with Gasteiger partial charge in [-0.25, -0.2) is 0 Å². The minimum atomic E-state index is -0.686. The lowest BCUT2D eigenvalue weighted by Crippen LogP contribution is -2.47. The van der Waals surface area contributed by atoms with Crippen LogP contribution in [0.5, 0.6) is 0 Å². The lowest BCUT2D eigenvalue weighted by atomic mass is 9.69. The first-order valence-electron chi connectivity index (χ1n) is 6.25. The topological polar surface area (TPSA) is 20.2 Å². The molecule has 0 saturated carbocycles. The Morgan fingerprint density at radius 1 is 1.18 bits per heavy atom. The van der Waals surface area contributed by atoms with Gasteiger partial charge < -0.3 is 5.11 Å². The van der Waals surface area contributed by atoms with Crippen LogP contribution in [0.2, 0.25) is 0 Å². The highest BCUT2D eigenvalue weighted by Crippen LogP contribution is 2.48. The summed E-state index contributed by atoms with van der Waals surface area (Å²) in [4.78, 5) is 0. The molecule has 0 spiro atoms. The number of hydrogen-bond acceptors (Lipinski definition) is 2. The Morgan fingerprint density at radius 2 is 1.88 bits per heavy atom. The number of benzene rings is 1. The maximum absolute atomic E-state index is 11.1. The van der Waals surface area contributed by atoms with Crippen LogP contribution in [-0.2, 0) is 5.60 Å². The summed E-state index contributed by atoms with van der Waals surface area (Å²) >= 11 is 1.86. The first-order chi connectivity index (χ1) is 7.87. The molecule has 1 aromatic carbocycles. The Bertz CT molecular complexity index is 425. The monoisotopic (exact) mass is 250 g/mol. The third kappa shape index (κ3) is 2.13. The van der Waals surface area contributed by atoms with Crippen LogP contribution in [0.25, 0.3) is 0 Å². The molecule has 1 aliphatic rings. The Morgan fingerprint density at radius 3 is 2.47 bits per heavy atom. The van der Waals surface area contributed by atoms with E-state index in [4.69, 9.17) is 0 Å². The van der Waals surface area contributed by atoms with E-state index in [2.05, 4.69) is 45.9 Å². The molecule has 1 aromatic rings. The molecule has 0 radical (unpaired) electrons. The van der Waals surface area contributed by atoms with Crippen molar-refractivity contribution >= 4 is 11.8 Å². The van der Waals surface area contributed by atoms with Crippen LogP contribution in [-0.4, -0.2) is 16.6 Å². The van der Waals surface area contributed by atoms with Crippen molar-refractivity contribution in [1.29, 1.82) is 0 Å². The van der Waals surface area contributed by atoms with Crippen molar-refractivity contribution in [3.63, 3.8) is 0 Å². The third-order valence-electron chi connectivity index (χ3n) is 4.29. The summed E-state index contributed by atoms with van der Waals surface area (Å²) in [6, 6.07) is 6.37. The molecular formula is C15H22OS. The average molecular weight is 250 g/mol. The molecule has 0 aromatic heterocycles. The molecule has 1 saturated heterocycles. The fourth-order valence-corrected chi connectivity index (χ4v) is 4.07. The third-order valence-corrected chi connectivity index (χ3v) is 5.40. The van der Waals surface area contributed by atoms with Crippen LogP contribution >= 0.6 is 11.8 Å². The van der Waals surface area contributed by atoms with Crippen molar-refractivity contribution in [3.05, 3.63) is 34.9 Å². The lowest BCUT2D eigenvalue weighted by Gasteiger charge is -2.46. The van der Waals surface area contributed by atoms with Crippen molar-refractivity contribution in [2.75, 3.05) is 11.5 Å². The maximum atomic E-state index is 11.1. The van der Waals surface area contributed by atoms with E-state index in [1.807, 2.05) is 11.8 Å². The predicted molar refractivity (Wildman–Crippen MR) is 75.5 cm³/mol. The predicted octanol–water partition coefficient (Wildman–Crippen LogP) is 3.65. The molecule has 2 heteroatoms. The van der Waals surface area contributed by atoms with Gasteiger partial charge in [0.15, 0.2) is 0 Å². The van der Waals surface area contributed by atoms with Crippen molar-refractivity contribution in [3.8, 4) is 0 Å². The molecule has 1 aliphatic heterocycles. The van der Waals surface area contributed by atoms with E-state index >= 15 is 0 Å². The normalized spacial score (nSPS) is 28.1. The highest BCUT2D eigenvalue weighted by Gasteiger charge is 2.46. The molecule has 1 nitrogen and oxygen atoms in total. The largest absolute Gasteiger partial charge is 0.384 e. The average Bonchev–Trinajstić information content (AvgIpc) is 2.26. The standard InChI is InChI=1S/C15H22OS/c1-11-5-6-13(9-12(11)2)15(16)10-17-8-7-14(15,3)4/h5-6,9,16H,7-8,10H2,1-4H3. The van der Waals surface area contributed by atoms with Gasteiger partial charge in [-0.1, -0.05) is 32.0 Å². The van der Waals surface area contributed by atoms with Crippen LogP contribution in [0.1, 0.15) is 37.0 Å². The first kappa shape index (κ1) is 13.0. The molecule has 17 heavy (non-hydrogen) atoms. The van der Waals surface area contributed by atoms with E-state index in [1.165, 1.54) is 11.1 Å². The number of thioether (sulfide) groups is 1. The molecule has 0 aliphatic carbocycles. The fourth-order valence-electron chi connectivity index (χ4n) is 2.42. The second-order valence-corrected chi connectivity index (χ2v) is 6.95. The van der Waals surface area contributed by atoms with Crippen molar-refractivity contribution in [1.82, 2.24) is 0 Å². The van der Waals surface area contributed by atoms with E-state index in [0.29, 0.717) is 0 Å². The minimum Gasteiger partial charge on any atom is -0.384 e. The Balaban J connectivity index is 2.45. The van der Waals surface area contributed by atoms with Crippen LogP contribution in [0.15, 0.2) is 18.2 Å². The van der Waals surface area contributed by atoms with E-state index < -0.39 is 5.60 Å². The summed E-state index contributed by atoms with van der Waals surface area (Å²) in [7, 11) is 0. The van der Waals surface area contributed by atoms with E-state index in [-0.39, 0.29) is 5.41 Å². The van der Waals surface area contributed by atoms with Gasteiger partial charge >= 0.3 is 0 Å². The summed E-state index contributed by atoms with van der Waals surface area (Å²) in [5.41, 5.74) is 2.91. The smallest absolute Gasteiger partial charge is 0.104 e. The maximum Gasteiger partial charge on any atom is 0.104 e. The SMILES string of the molecule is Cc1ccc(C2(O)CSCCC2(C)C)cc1C. The summed E-state index contributed by atoms with van der Waals surface area (Å²) in [6.45, 7) is 8.60. The second kappa shape index (κ2) is 4.33. The fraction of sp³-hybridized carbons (Fsp3) is 0.600. The zero-order valence-electron chi connectivity index (χ0n) is 11.2. The molecule has 2 rings (SSSR count). The Kier molecular flexibility index (Phi) is 3.30. The highest BCUT2D eigenvalue weighted by atomic mass is 32.2. The zero-order valence-corrected chi connectivity index (χ0v) is 12.0. The van der Waals surface area contributed by atoms with Gasteiger partial charge in [-0.3, -0.25) is 0 Å². The van der Waals surface area contributed by atoms with E-state index in [0.717, 1.165) is 23.5 Å². The molecule has 1 unspecified atom stereocenters. The molecule has 1 N–H and O–H groups in total. The molecule has 1 heterocycles. The van der Waals surface area contributed by atoms with Crippen LogP contribution in [0.4, 0.5) is 0 Å². The molecule has 1 fully saturated rings. The van der Waals surface area contributed by atoms with Gasteiger partial charge in [-0.2, -0.15) is 11.8 Å². The molecular weight excluding hydrogens is 228 g/mol. The number of hydrogen-bond donors (Lipinski definition) is 1. The van der Waals surface area contributed by atoms with Crippen LogP contribution in [0, 0.1) is 19.3 Å². The number of aliphatic hydroxyl groups is 1. The molecule has 0 amide bonds. The van der Waals surface area contributed by atoms with Gasteiger partial charge in [0.25, 0.3) is 0 Å². The quantitative estimate of drug-likeness (QED) is 0.821. The summed E-state index contributed by atoms with van der Waals surface area (Å²) < 4.78 is 0. The lowest BCUT2D eigenvalue weighted by molar-refractivity contribution is -0.0579. The summed E-state index contributed by atoms with van der Waals surface area (Å²) in [5, 5.41) is 11.1. The van der Waals surface area contributed by atoms with E-state index in [1.54, 1.807) is 0 Å². The molecule has 94 valence electrons. The van der Waals surface area contributed by atoms with Gasteiger partial charge in [-0.15, -0.1) is 0 Å². The molecule has 0 bridgehead atoms. The Hall–Kier alpha value is -0.470. The summed E-state index contributed by atoms with van der Waals surface area (Å²) in [6.07, 6.45) is 1.07. The van der Waals surface area contributed by atoms with Gasteiger partial charge in [0.05, 0.1) is 0 Å². The number of rotatable bonds is 1. The van der Waals surface area contributed by atoms with Crippen LogP contribution in [0.3, 0.4) is 0 Å². The summed E-state index contributed by atoms with van der Waals surface area (Å²) in [5.74, 6) is 1.96.